The van der Waals surface area contributed by atoms with E-state index >= 15 is 0 Å². The van der Waals surface area contributed by atoms with E-state index < -0.39 is 15.1 Å². The van der Waals surface area contributed by atoms with E-state index in [4.69, 9.17) is 23.2 Å². The van der Waals surface area contributed by atoms with Crippen LogP contribution in [0.25, 0.3) is 0 Å². The minimum absolute atomic E-state index is 0.346. The van der Waals surface area contributed by atoms with Crippen LogP contribution in [0.3, 0.4) is 0 Å². The fraction of sp³-hybridized carbons (Fsp3) is 0.167. The van der Waals surface area contributed by atoms with Gasteiger partial charge in [0.2, 0.25) is 0 Å². The molecule has 0 saturated heterocycles. The van der Waals surface area contributed by atoms with Crippen molar-refractivity contribution in [2.45, 2.75) is 17.7 Å². The SMILES string of the molecule is CS(=O)(=O)C1C=C(N(c2cc(Cl)cc(Cl)c2)C(c2cccnc2)c2cccnc2)C=CC1. The summed E-state index contributed by atoms with van der Waals surface area (Å²) in [5, 5.41) is 0.338. The van der Waals surface area contributed by atoms with Crippen LogP contribution < -0.4 is 4.90 Å². The van der Waals surface area contributed by atoms with Gasteiger partial charge in [0.05, 0.1) is 11.3 Å². The number of hydrogen-bond acceptors (Lipinski definition) is 5. The number of pyridine rings is 2. The Morgan fingerprint density at radius 3 is 2.09 bits per heavy atom. The maximum atomic E-state index is 12.3. The van der Waals surface area contributed by atoms with Crippen LogP contribution in [0.1, 0.15) is 23.6 Å². The van der Waals surface area contributed by atoms with Crippen molar-refractivity contribution in [1.29, 1.82) is 0 Å². The summed E-state index contributed by atoms with van der Waals surface area (Å²) in [6.45, 7) is 0. The third kappa shape index (κ3) is 5.04. The van der Waals surface area contributed by atoms with Crippen LogP contribution in [-0.4, -0.2) is 29.9 Å². The zero-order valence-electron chi connectivity index (χ0n) is 17.3. The molecule has 4 rings (SSSR count). The first-order chi connectivity index (χ1) is 15.3. The topological polar surface area (TPSA) is 63.2 Å². The summed E-state index contributed by atoms with van der Waals surface area (Å²) in [5.41, 5.74) is 3.27. The molecule has 0 spiro atoms. The quantitative estimate of drug-likeness (QED) is 0.452. The summed E-state index contributed by atoms with van der Waals surface area (Å²) in [6.07, 6.45) is 14.3. The van der Waals surface area contributed by atoms with Crippen LogP contribution in [0.4, 0.5) is 5.69 Å². The normalized spacial score (nSPS) is 16.1. The first kappa shape index (κ1) is 22.5. The van der Waals surface area contributed by atoms with Gasteiger partial charge in [-0.2, -0.15) is 0 Å². The van der Waals surface area contributed by atoms with Crippen molar-refractivity contribution >= 4 is 38.7 Å². The van der Waals surface area contributed by atoms with Crippen molar-refractivity contribution in [3.63, 3.8) is 0 Å². The Morgan fingerprint density at radius 2 is 1.59 bits per heavy atom. The average molecular weight is 486 g/mol. The molecule has 8 heteroatoms. The largest absolute Gasteiger partial charge is 0.330 e. The van der Waals surface area contributed by atoms with Crippen molar-refractivity contribution in [1.82, 2.24) is 9.97 Å². The van der Waals surface area contributed by atoms with Gasteiger partial charge in [0.1, 0.15) is 0 Å². The molecule has 32 heavy (non-hydrogen) atoms. The fourth-order valence-corrected chi connectivity index (χ4v) is 5.15. The summed E-state index contributed by atoms with van der Waals surface area (Å²) in [6, 6.07) is 12.6. The number of aromatic nitrogens is 2. The maximum Gasteiger partial charge on any atom is 0.154 e. The lowest BCUT2D eigenvalue weighted by Gasteiger charge is -2.36. The van der Waals surface area contributed by atoms with Gasteiger partial charge in [0, 0.05) is 52.5 Å². The van der Waals surface area contributed by atoms with Gasteiger partial charge in [-0.05, 0) is 60.0 Å². The van der Waals surface area contributed by atoms with Crippen molar-refractivity contribution < 1.29 is 8.42 Å². The van der Waals surface area contributed by atoms with Gasteiger partial charge in [-0.3, -0.25) is 9.97 Å². The second kappa shape index (κ2) is 9.45. The summed E-state index contributed by atoms with van der Waals surface area (Å²) >= 11 is 12.7. The van der Waals surface area contributed by atoms with Crippen LogP contribution in [0.5, 0.6) is 0 Å². The smallest absolute Gasteiger partial charge is 0.154 e. The molecular formula is C24H21Cl2N3O2S. The molecule has 0 amide bonds. The molecule has 2 aromatic heterocycles. The van der Waals surface area contributed by atoms with Gasteiger partial charge < -0.3 is 4.90 Å². The number of benzene rings is 1. The number of anilines is 1. The summed E-state index contributed by atoms with van der Waals surface area (Å²) in [7, 11) is -3.28. The van der Waals surface area contributed by atoms with Gasteiger partial charge in [0.15, 0.2) is 9.84 Å². The highest BCUT2D eigenvalue weighted by Crippen LogP contribution is 2.39. The lowest BCUT2D eigenvalue weighted by molar-refractivity contribution is 0.593. The number of nitrogens with zero attached hydrogens (tertiary/aromatic N) is 3. The van der Waals surface area contributed by atoms with Crippen LogP contribution in [0.15, 0.2) is 91.2 Å². The third-order valence-corrected chi connectivity index (χ3v) is 7.09. The van der Waals surface area contributed by atoms with Gasteiger partial charge in [0.25, 0.3) is 0 Å². The highest BCUT2D eigenvalue weighted by molar-refractivity contribution is 7.91. The summed E-state index contributed by atoms with van der Waals surface area (Å²) in [5.74, 6) is 0. The first-order valence-corrected chi connectivity index (χ1v) is 12.7. The Bertz CT molecular complexity index is 1200. The Kier molecular flexibility index (Phi) is 6.65. The minimum atomic E-state index is -3.28. The van der Waals surface area contributed by atoms with E-state index in [0.29, 0.717) is 16.5 Å². The highest BCUT2D eigenvalue weighted by atomic mass is 35.5. The van der Waals surface area contributed by atoms with E-state index in [1.807, 2.05) is 53.5 Å². The van der Waals surface area contributed by atoms with E-state index in [9.17, 15) is 8.42 Å². The zero-order chi connectivity index (χ0) is 22.7. The molecule has 3 aromatic rings. The number of sulfone groups is 1. The highest BCUT2D eigenvalue weighted by Gasteiger charge is 2.29. The van der Waals surface area contributed by atoms with E-state index in [1.54, 1.807) is 36.9 Å². The molecule has 0 N–H and O–H groups in total. The van der Waals surface area contributed by atoms with Crippen LogP contribution in [0.2, 0.25) is 10.0 Å². The second-order valence-corrected chi connectivity index (χ2v) is 10.7. The van der Waals surface area contributed by atoms with E-state index in [1.165, 1.54) is 6.26 Å². The van der Waals surface area contributed by atoms with Gasteiger partial charge in [-0.15, -0.1) is 0 Å². The number of rotatable bonds is 6. The molecule has 164 valence electrons. The molecule has 0 bridgehead atoms. The van der Waals surface area contributed by atoms with Gasteiger partial charge in [-0.25, -0.2) is 8.42 Å². The van der Waals surface area contributed by atoms with E-state index in [0.717, 1.165) is 22.5 Å². The molecule has 1 atom stereocenters. The first-order valence-electron chi connectivity index (χ1n) is 9.95. The van der Waals surface area contributed by atoms with Crippen LogP contribution in [-0.2, 0) is 9.84 Å². The number of halogens is 2. The Morgan fingerprint density at radius 1 is 1.00 bits per heavy atom. The van der Waals surface area contributed by atoms with Crippen molar-refractivity contribution in [3.05, 3.63) is 112 Å². The number of allylic oxidation sites excluding steroid dienone is 2. The third-order valence-electron chi connectivity index (χ3n) is 5.23. The lowest BCUT2D eigenvalue weighted by Crippen LogP contribution is -2.31. The molecule has 2 heterocycles. The maximum absolute atomic E-state index is 12.3. The van der Waals surface area contributed by atoms with Crippen molar-refractivity contribution in [3.8, 4) is 0 Å². The molecule has 5 nitrogen and oxygen atoms in total. The molecule has 1 aliphatic rings. The fourth-order valence-electron chi connectivity index (χ4n) is 3.79. The Hall–Kier alpha value is -2.67. The molecular weight excluding hydrogens is 465 g/mol. The summed E-state index contributed by atoms with van der Waals surface area (Å²) < 4.78 is 24.7. The predicted octanol–water partition coefficient (Wildman–Crippen LogP) is 5.64. The molecule has 0 saturated carbocycles. The molecule has 0 radical (unpaired) electrons. The minimum Gasteiger partial charge on any atom is -0.330 e. The average Bonchev–Trinajstić information content (AvgIpc) is 2.77. The lowest BCUT2D eigenvalue weighted by atomic mass is 9.97. The van der Waals surface area contributed by atoms with Gasteiger partial charge >= 0.3 is 0 Å². The molecule has 1 unspecified atom stereocenters. The van der Waals surface area contributed by atoms with Crippen molar-refractivity contribution in [2.24, 2.45) is 0 Å². The Labute approximate surface area is 198 Å². The molecule has 0 aliphatic heterocycles. The number of hydrogen-bond donors (Lipinski definition) is 0. The standard InChI is InChI=1S/C24H21Cl2N3O2S/c1-32(30,31)23-8-2-7-21(14-23)29(22-12-19(25)11-20(26)13-22)24(17-5-3-9-27-15-17)18-6-4-10-28-16-18/h2-7,9-16,23-24H,8H2,1H3. The van der Waals surface area contributed by atoms with Crippen LogP contribution >= 0.6 is 23.2 Å². The predicted molar refractivity (Wildman–Crippen MR) is 130 cm³/mol. The molecule has 1 aromatic carbocycles. The Balaban J connectivity index is 1.97. The van der Waals surface area contributed by atoms with E-state index in [-0.39, 0.29) is 6.04 Å². The van der Waals surface area contributed by atoms with Crippen LogP contribution in [0, 0.1) is 0 Å². The monoisotopic (exact) mass is 485 g/mol. The van der Waals surface area contributed by atoms with Crippen molar-refractivity contribution in [2.75, 3.05) is 11.2 Å². The zero-order valence-corrected chi connectivity index (χ0v) is 19.6. The summed E-state index contributed by atoms with van der Waals surface area (Å²) in [4.78, 5) is 10.6. The molecule has 1 aliphatic carbocycles. The van der Waals surface area contributed by atoms with E-state index in [2.05, 4.69) is 9.97 Å². The van der Waals surface area contributed by atoms with Gasteiger partial charge in [-0.1, -0.05) is 41.4 Å². The second-order valence-electron chi connectivity index (χ2n) is 7.57. The molecule has 0 fully saturated rings.